The van der Waals surface area contributed by atoms with E-state index in [1.54, 1.807) is 0 Å². The summed E-state index contributed by atoms with van der Waals surface area (Å²) in [5, 5.41) is 3.65. The third-order valence-electron chi connectivity index (χ3n) is 4.53. The maximum Gasteiger partial charge on any atom is 0.257 e. The Hall–Kier alpha value is -3.05. The van der Waals surface area contributed by atoms with Crippen molar-refractivity contribution in [1.82, 2.24) is 4.98 Å². The molecule has 0 atom stereocenters. The number of rotatable bonds is 6. The lowest BCUT2D eigenvalue weighted by atomic mass is 10.1. The van der Waals surface area contributed by atoms with Gasteiger partial charge in [0.2, 0.25) is 0 Å². The molecule has 1 N–H and O–H groups in total. The van der Waals surface area contributed by atoms with Gasteiger partial charge in [0, 0.05) is 17.0 Å². The summed E-state index contributed by atoms with van der Waals surface area (Å²) in [6.07, 6.45) is 0.867. The van der Waals surface area contributed by atoms with Gasteiger partial charge in [0.05, 0.1) is 0 Å². The zero-order valence-electron chi connectivity index (χ0n) is 15.5. The van der Waals surface area contributed by atoms with Gasteiger partial charge < -0.3 is 9.73 Å². The number of carbonyl (C=O) groups is 1. The summed E-state index contributed by atoms with van der Waals surface area (Å²) in [6, 6.07) is 23.2. The fraction of sp³-hybridized carbons (Fsp3) is 0.130. The van der Waals surface area contributed by atoms with Crippen LogP contribution in [0.15, 0.2) is 82.4 Å². The number of amides is 1. The number of hydrogen-bond acceptors (Lipinski definition) is 4. The molecule has 0 bridgehead atoms. The first-order chi connectivity index (χ1) is 13.7. The van der Waals surface area contributed by atoms with E-state index >= 15 is 0 Å². The Morgan fingerprint density at radius 3 is 2.50 bits per heavy atom. The van der Waals surface area contributed by atoms with E-state index in [1.165, 1.54) is 11.8 Å². The van der Waals surface area contributed by atoms with Gasteiger partial charge in [0.1, 0.15) is 5.52 Å². The highest BCUT2D eigenvalue weighted by atomic mass is 32.2. The van der Waals surface area contributed by atoms with Crippen LogP contribution in [0.4, 0.5) is 5.69 Å². The molecule has 0 aliphatic heterocycles. The van der Waals surface area contributed by atoms with E-state index in [0.717, 1.165) is 34.3 Å². The smallest absolute Gasteiger partial charge is 0.257 e. The molecule has 0 radical (unpaired) electrons. The summed E-state index contributed by atoms with van der Waals surface area (Å²) >= 11 is 1.49. The van der Waals surface area contributed by atoms with E-state index in [4.69, 9.17) is 4.42 Å². The predicted octanol–water partition coefficient (Wildman–Crippen LogP) is 5.93. The number of benzene rings is 3. The van der Waals surface area contributed by atoms with Gasteiger partial charge in [-0.25, -0.2) is 4.98 Å². The fourth-order valence-electron chi connectivity index (χ4n) is 3.06. The molecule has 1 heterocycles. The molecular formula is C23H20N2O2S. The molecule has 0 saturated carbocycles. The van der Waals surface area contributed by atoms with Gasteiger partial charge in [-0.2, -0.15) is 0 Å². The van der Waals surface area contributed by atoms with Crippen molar-refractivity contribution >= 4 is 34.5 Å². The Morgan fingerprint density at radius 2 is 1.68 bits per heavy atom. The summed E-state index contributed by atoms with van der Waals surface area (Å²) in [6.45, 7) is 2.08. The van der Waals surface area contributed by atoms with Crippen molar-refractivity contribution in [3.63, 3.8) is 0 Å². The number of carbonyl (C=O) groups excluding carboxylic acids is 1. The van der Waals surface area contributed by atoms with Crippen LogP contribution in [0, 0.1) is 0 Å². The summed E-state index contributed by atoms with van der Waals surface area (Å²) in [4.78, 5) is 17.4. The molecule has 1 aromatic heterocycles. The molecule has 28 heavy (non-hydrogen) atoms. The van der Waals surface area contributed by atoms with Crippen LogP contribution in [-0.2, 0) is 12.2 Å². The van der Waals surface area contributed by atoms with Crippen LogP contribution in [0.3, 0.4) is 0 Å². The molecule has 4 aromatic rings. The van der Waals surface area contributed by atoms with Gasteiger partial charge in [-0.3, -0.25) is 4.79 Å². The number of nitrogens with one attached hydrogen (secondary N) is 1. The Morgan fingerprint density at radius 1 is 0.964 bits per heavy atom. The Labute approximate surface area is 168 Å². The standard InChI is InChI=1S/C23H20N2O2S/c1-2-16-9-4-6-12-19(16)24-22(26)18-11-5-3-10-17(18)15-28-23-25-20-13-7-8-14-21(20)27-23/h3-14H,2,15H2,1H3,(H,24,26). The van der Waals surface area contributed by atoms with Crippen molar-refractivity contribution in [1.29, 1.82) is 0 Å². The van der Waals surface area contributed by atoms with Crippen LogP contribution < -0.4 is 5.32 Å². The fourth-order valence-corrected chi connectivity index (χ4v) is 3.90. The molecule has 0 unspecified atom stereocenters. The lowest BCUT2D eigenvalue weighted by molar-refractivity contribution is 0.102. The summed E-state index contributed by atoms with van der Waals surface area (Å²) in [5.74, 6) is 0.501. The third kappa shape index (κ3) is 3.94. The number of aryl methyl sites for hydroxylation is 1. The van der Waals surface area contributed by atoms with Crippen molar-refractivity contribution in [2.45, 2.75) is 24.3 Å². The van der Waals surface area contributed by atoms with Gasteiger partial charge >= 0.3 is 0 Å². The SMILES string of the molecule is CCc1ccccc1NC(=O)c1ccccc1CSc1nc2ccccc2o1. The Balaban J connectivity index is 1.52. The first-order valence-electron chi connectivity index (χ1n) is 9.20. The second-order valence-electron chi connectivity index (χ2n) is 6.36. The van der Waals surface area contributed by atoms with Gasteiger partial charge in [-0.1, -0.05) is 67.2 Å². The molecule has 0 fully saturated rings. The number of anilines is 1. The summed E-state index contributed by atoms with van der Waals surface area (Å²) in [5.41, 5.74) is 5.20. The maximum absolute atomic E-state index is 12.9. The lowest BCUT2D eigenvalue weighted by Crippen LogP contribution is -2.15. The number of nitrogens with zero attached hydrogens (tertiary/aromatic N) is 1. The van der Waals surface area contributed by atoms with Crippen LogP contribution >= 0.6 is 11.8 Å². The van der Waals surface area contributed by atoms with Crippen molar-refractivity contribution < 1.29 is 9.21 Å². The lowest BCUT2D eigenvalue weighted by Gasteiger charge is -2.12. The quantitative estimate of drug-likeness (QED) is 0.416. The van der Waals surface area contributed by atoms with Crippen molar-refractivity contribution in [2.75, 3.05) is 5.32 Å². The van der Waals surface area contributed by atoms with E-state index in [1.807, 2.05) is 72.8 Å². The first kappa shape index (κ1) is 18.3. The number of oxazole rings is 1. The van der Waals surface area contributed by atoms with Gasteiger partial charge in [0.15, 0.2) is 5.58 Å². The van der Waals surface area contributed by atoms with Crippen molar-refractivity contribution in [3.8, 4) is 0 Å². The number of aromatic nitrogens is 1. The average Bonchev–Trinajstić information content (AvgIpc) is 3.16. The van der Waals surface area contributed by atoms with E-state index in [0.29, 0.717) is 16.5 Å². The summed E-state index contributed by atoms with van der Waals surface area (Å²) in [7, 11) is 0. The highest BCUT2D eigenvalue weighted by Gasteiger charge is 2.14. The van der Waals surface area contributed by atoms with E-state index < -0.39 is 0 Å². The second-order valence-corrected chi connectivity index (χ2v) is 7.28. The van der Waals surface area contributed by atoms with E-state index in [9.17, 15) is 4.79 Å². The normalized spacial score (nSPS) is 10.9. The molecule has 5 heteroatoms. The van der Waals surface area contributed by atoms with Crippen LogP contribution in [0.2, 0.25) is 0 Å². The third-order valence-corrected chi connectivity index (χ3v) is 5.41. The van der Waals surface area contributed by atoms with Gasteiger partial charge in [-0.05, 0) is 41.8 Å². The van der Waals surface area contributed by atoms with Crippen LogP contribution in [0.25, 0.3) is 11.1 Å². The molecule has 1 amide bonds. The second kappa shape index (κ2) is 8.31. The van der Waals surface area contributed by atoms with Crippen LogP contribution in [0.5, 0.6) is 0 Å². The number of fused-ring (bicyclic) bond motifs is 1. The highest BCUT2D eigenvalue weighted by Crippen LogP contribution is 2.27. The zero-order chi connectivity index (χ0) is 19.3. The molecular weight excluding hydrogens is 368 g/mol. The molecule has 0 aliphatic carbocycles. The monoisotopic (exact) mass is 388 g/mol. The summed E-state index contributed by atoms with van der Waals surface area (Å²) < 4.78 is 5.77. The van der Waals surface area contributed by atoms with Crippen molar-refractivity contribution in [2.24, 2.45) is 0 Å². The van der Waals surface area contributed by atoms with Crippen LogP contribution in [-0.4, -0.2) is 10.9 Å². The minimum absolute atomic E-state index is 0.102. The van der Waals surface area contributed by atoms with Gasteiger partial charge in [-0.15, -0.1) is 0 Å². The zero-order valence-corrected chi connectivity index (χ0v) is 16.3. The number of para-hydroxylation sites is 3. The Kier molecular flexibility index (Phi) is 5.44. The van der Waals surface area contributed by atoms with E-state index in [-0.39, 0.29) is 5.91 Å². The molecule has 140 valence electrons. The van der Waals surface area contributed by atoms with Crippen LogP contribution in [0.1, 0.15) is 28.4 Å². The Bertz CT molecular complexity index is 1090. The minimum atomic E-state index is -0.102. The number of hydrogen-bond donors (Lipinski definition) is 1. The molecule has 0 spiro atoms. The van der Waals surface area contributed by atoms with E-state index in [2.05, 4.69) is 17.2 Å². The molecule has 4 rings (SSSR count). The predicted molar refractivity (Wildman–Crippen MR) is 114 cm³/mol. The highest BCUT2D eigenvalue weighted by molar-refractivity contribution is 7.98. The molecule has 3 aromatic carbocycles. The molecule has 0 aliphatic rings. The molecule has 0 saturated heterocycles. The topological polar surface area (TPSA) is 55.1 Å². The first-order valence-corrected chi connectivity index (χ1v) is 10.2. The minimum Gasteiger partial charge on any atom is -0.431 e. The van der Waals surface area contributed by atoms with Crippen molar-refractivity contribution in [3.05, 3.63) is 89.5 Å². The largest absolute Gasteiger partial charge is 0.431 e. The maximum atomic E-state index is 12.9. The van der Waals surface area contributed by atoms with Gasteiger partial charge in [0.25, 0.3) is 11.1 Å². The number of thioether (sulfide) groups is 1. The molecule has 4 nitrogen and oxygen atoms in total. The average molecular weight is 388 g/mol.